The lowest BCUT2D eigenvalue weighted by Gasteiger charge is -2.01. The van der Waals surface area contributed by atoms with Crippen LogP contribution < -0.4 is 0 Å². The molecule has 0 spiro atoms. The van der Waals surface area contributed by atoms with Crippen LogP contribution in [-0.2, 0) is 0 Å². The number of pyridine rings is 1. The predicted octanol–water partition coefficient (Wildman–Crippen LogP) is 3.50. The molecule has 0 unspecified atom stereocenters. The molecule has 0 fully saturated rings. The summed E-state index contributed by atoms with van der Waals surface area (Å²) in [5.41, 5.74) is 0.547. The minimum absolute atomic E-state index is 0.0940. The Bertz CT molecular complexity index is 312. The van der Waals surface area contributed by atoms with E-state index in [1.807, 2.05) is 0 Å². The maximum atomic E-state index is 11.6. The van der Waals surface area contributed by atoms with Crippen LogP contribution in [0.25, 0.3) is 0 Å². The van der Waals surface area contributed by atoms with E-state index in [4.69, 9.17) is 11.6 Å². The maximum Gasteiger partial charge on any atom is 0.165 e. The van der Waals surface area contributed by atoms with Gasteiger partial charge < -0.3 is 0 Å². The molecular weight excluding hydrogens is 198 g/mol. The topological polar surface area (TPSA) is 30.0 Å². The summed E-state index contributed by atoms with van der Waals surface area (Å²) in [5.74, 6) is 0.0940. The van der Waals surface area contributed by atoms with E-state index in [0.29, 0.717) is 17.0 Å². The van der Waals surface area contributed by atoms with Gasteiger partial charge in [0.2, 0.25) is 0 Å². The highest BCUT2D eigenvalue weighted by molar-refractivity contribution is 6.33. The van der Waals surface area contributed by atoms with Crippen molar-refractivity contribution in [3.63, 3.8) is 0 Å². The normalized spacial score (nSPS) is 10.1. The first-order chi connectivity index (χ1) is 6.75. The lowest BCUT2D eigenvalue weighted by molar-refractivity contribution is 0.0979. The van der Waals surface area contributed by atoms with E-state index in [1.54, 1.807) is 12.3 Å². The molecule has 76 valence electrons. The lowest BCUT2D eigenvalue weighted by Crippen LogP contribution is -2.00. The van der Waals surface area contributed by atoms with Gasteiger partial charge in [0.25, 0.3) is 0 Å². The third-order valence-electron chi connectivity index (χ3n) is 2.08. The molecule has 0 aliphatic carbocycles. The second-order valence-corrected chi connectivity index (χ2v) is 3.64. The number of aromatic nitrogens is 1. The summed E-state index contributed by atoms with van der Waals surface area (Å²) in [6.07, 6.45) is 6.83. The fourth-order valence-corrected chi connectivity index (χ4v) is 1.46. The largest absolute Gasteiger partial charge is 0.294 e. The molecule has 0 saturated heterocycles. The molecule has 3 heteroatoms. The molecule has 0 aromatic carbocycles. The summed E-state index contributed by atoms with van der Waals surface area (Å²) in [6.45, 7) is 2.11. The monoisotopic (exact) mass is 211 g/mol. The number of rotatable bonds is 5. The first-order valence-electron chi connectivity index (χ1n) is 4.88. The van der Waals surface area contributed by atoms with E-state index in [1.165, 1.54) is 6.20 Å². The van der Waals surface area contributed by atoms with Gasteiger partial charge in [0, 0.05) is 18.8 Å². The van der Waals surface area contributed by atoms with Crippen LogP contribution in [0.1, 0.15) is 43.0 Å². The van der Waals surface area contributed by atoms with Gasteiger partial charge in [-0.15, -0.1) is 0 Å². The molecule has 2 nitrogen and oxygen atoms in total. The quantitative estimate of drug-likeness (QED) is 0.551. The van der Waals surface area contributed by atoms with Gasteiger partial charge in [-0.3, -0.25) is 9.78 Å². The first kappa shape index (κ1) is 11.2. The Morgan fingerprint density at radius 3 is 2.93 bits per heavy atom. The molecule has 0 amide bonds. The molecule has 1 aromatic heterocycles. The van der Waals surface area contributed by atoms with Crippen LogP contribution in [0.2, 0.25) is 5.02 Å². The van der Waals surface area contributed by atoms with Crippen molar-refractivity contribution in [1.82, 2.24) is 4.98 Å². The fourth-order valence-electron chi connectivity index (χ4n) is 1.25. The van der Waals surface area contributed by atoms with Crippen LogP contribution in [0.4, 0.5) is 0 Å². The van der Waals surface area contributed by atoms with Gasteiger partial charge in [0.15, 0.2) is 5.78 Å². The Kier molecular flexibility index (Phi) is 4.60. The molecule has 1 aromatic rings. The van der Waals surface area contributed by atoms with Crippen molar-refractivity contribution in [2.24, 2.45) is 0 Å². The van der Waals surface area contributed by atoms with Gasteiger partial charge >= 0.3 is 0 Å². The molecule has 0 atom stereocenters. The van der Waals surface area contributed by atoms with Crippen molar-refractivity contribution in [2.75, 3.05) is 0 Å². The Hall–Kier alpha value is -0.890. The Morgan fingerprint density at radius 1 is 1.50 bits per heavy atom. The number of hydrogen-bond donors (Lipinski definition) is 0. The maximum absolute atomic E-state index is 11.6. The minimum Gasteiger partial charge on any atom is -0.294 e. The molecule has 0 bridgehead atoms. The molecule has 1 rings (SSSR count). The zero-order chi connectivity index (χ0) is 10.4. The highest BCUT2D eigenvalue weighted by atomic mass is 35.5. The summed E-state index contributed by atoms with van der Waals surface area (Å²) < 4.78 is 0. The molecule has 1 heterocycles. The van der Waals surface area contributed by atoms with Crippen molar-refractivity contribution in [2.45, 2.75) is 32.6 Å². The second-order valence-electron chi connectivity index (χ2n) is 3.24. The van der Waals surface area contributed by atoms with Crippen LogP contribution in [0.5, 0.6) is 0 Å². The number of ketones is 1. The van der Waals surface area contributed by atoms with Crippen molar-refractivity contribution >= 4 is 17.4 Å². The van der Waals surface area contributed by atoms with E-state index >= 15 is 0 Å². The van der Waals surface area contributed by atoms with E-state index in [0.717, 1.165) is 19.3 Å². The third-order valence-corrected chi connectivity index (χ3v) is 2.41. The van der Waals surface area contributed by atoms with Crippen LogP contribution in [0.3, 0.4) is 0 Å². The molecular formula is C11H14ClNO. The van der Waals surface area contributed by atoms with E-state index < -0.39 is 0 Å². The zero-order valence-electron chi connectivity index (χ0n) is 8.29. The number of carbonyl (C=O) groups is 1. The van der Waals surface area contributed by atoms with Gasteiger partial charge in [-0.1, -0.05) is 31.4 Å². The highest BCUT2D eigenvalue weighted by Gasteiger charge is 2.09. The molecule has 14 heavy (non-hydrogen) atoms. The second kappa shape index (κ2) is 5.76. The van der Waals surface area contributed by atoms with Gasteiger partial charge in [-0.05, 0) is 12.5 Å². The first-order valence-corrected chi connectivity index (χ1v) is 5.26. The van der Waals surface area contributed by atoms with E-state index in [-0.39, 0.29) is 5.78 Å². The van der Waals surface area contributed by atoms with Crippen molar-refractivity contribution in [3.05, 3.63) is 29.0 Å². The number of Topliss-reactive ketones (excluding diaryl/α,β-unsaturated/α-hetero) is 1. The highest BCUT2D eigenvalue weighted by Crippen LogP contribution is 2.16. The molecule has 0 saturated carbocycles. The van der Waals surface area contributed by atoms with Gasteiger partial charge in [-0.2, -0.15) is 0 Å². The van der Waals surface area contributed by atoms with Crippen LogP contribution >= 0.6 is 11.6 Å². The van der Waals surface area contributed by atoms with Crippen LogP contribution in [-0.4, -0.2) is 10.8 Å². The van der Waals surface area contributed by atoms with Crippen LogP contribution in [0, 0.1) is 0 Å². The summed E-state index contributed by atoms with van der Waals surface area (Å²) in [6, 6.07) is 1.65. The summed E-state index contributed by atoms with van der Waals surface area (Å²) >= 11 is 5.87. The summed E-state index contributed by atoms with van der Waals surface area (Å²) in [5, 5.41) is 0.501. The zero-order valence-corrected chi connectivity index (χ0v) is 9.05. The number of unbranched alkanes of at least 4 members (excludes halogenated alkanes) is 2. The van der Waals surface area contributed by atoms with Crippen molar-refractivity contribution in [1.29, 1.82) is 0 Å². The Balaban J connectivity index is 2.56. The van der Waals surface area contributed by atoms with Crippen molar-refractivity contribution < 1.29 is 4.79 Å². The summed E-state index contributed by atoms with van der Waals surface area (Å²) in [7, 11) is 0. The number of halogens is 1. The van der Waals surface area contributed by atoms with Gasteiger partial charge in [0.1, 0.15) is 0 Å². The summed E-state index contributed by atoms with van der Waals surface area (Å²) in [4.78, 5) is 15.5. The smallest absolute Gasteiger partial charge is 0.165 e. The van der Waals surface area contributed by atoms with Gasteiger partial charge in [-0.25, -0.2) is 0 Å². The Labute approximate surface area is 89.3 Å². The standard InChI is InChI=1S/C11H14ClNO/c1-2-3-4-5-11(14)9-8-13-7-6-10(9)12/h6-8H,2-5H2,1H3. The van der Waals surface area contributed by atoms with E-state index in [9.17, 15) is 4.79 Å². The SMILES string of the molecule is CCCCCC(=O)c1cnccc1Cl. The van der Waals surface area contributed by atoms with Crippen molar-refractivity contribution in [3.8, 4) is 0 Å². The predicted molar refractivity (Wildman–Crippen MR) is 57.7 cm³/mol. The van der Waals surface area contributed by atoms with Gasteiger partial charge in [0.05, 0.1) is 10.6 Å². The Morgan fingerprint density at radius 2 is 2.29 bits per heavy atom. The lowest BCUT2D eigenvalue weighted by atomic mass is 10.1. The van der Waals surface area contributed by atoms with Crippen LogP contribution in [0.15, 0.2) is 18.5 Å². The third kappa shape index (κ3) is 3.11. The average molecular weight is 212 g/mol. The number of carbonyl (C=O) groups excluding carboxylic acids is 1. The molecule has 0 aliphatic heterocycles. The average Bonchev–Trinajstić information content (AvgIpc) is 2.18. The molecule has 0 N–H and O–H groups in total. The van der Waals surface area contributed by atoms with E-state index in [2.05, 4.69) is 11.9 Å². The number of nitrogens with zero attached hydrogens (tertiary/aromatic N) is 1. The molecule has 0 radical (unpaired) electrons. The fraction of sp³-hybridized carbons (Fsp3) is 0.455. The minimum atomic E-state index is 0.0940. The molecule has 0 aliphatic rings. The number of hydrogen-bond acceptors (Lipinski definition) is 2.